The van der Waals surface area contributed by atoms with Gasteiger partial charge in [-0.3, -0.25) is 4.79 Å². The fourth-order valence-electron chi connectivity index (χ4n) is 2.67. The molecule has 1 aliphatic rings. The fourth-order valence-corrected chi connectivity index (χ4v) is 2.67. The summed E-state index contributed by atoms with van der Waals surface area (Å²) in [6, 6.07) is 4.94. The van der Waals surface area contributed by atoms with Gasteiger partial charge in [0.1, 0.15) is 18.0 Å². The number of rotatable bonds is 6. The van der Waals surface area contributed by atoms with E-state index in [0.29, 0.717) is 18.9 Å². The van der Waals surface area contributed by atoms with E-state index in [9.17, 15) is 13.6 Å². The summed E-state index contributed by atoms with van der Waals surface area (Å²) in [4.78, 5) is 22.5. The Balaban J connectivity index is 1.47. The molecule has 0 unspecified atom stereocenters. The zero-order chi connectivity index (χ0) is 17.6. The summed E-state index contributed by atoms with van der Waals surface area (Å²) in [5.74, 6) is -0.905. The van der Waals surface area contributed by atoms with Crippen LogP contribution in [-0.2, 0) is 0 Å². The zero-order valence-corrected chi connectivity index (χ0v) is 13.6. The number of benzene rings is 1. The highest BCUT2D eigenvalue weighted by molar-refractivity contribution is 5.94. The van der Waals surface area contributed by atoms with Crippen LogP contribution in [0.25, 0.3) is 0 Å². The van der Waals surface area contributed by atoms with E-state index in [1.807, 2.05) is 6.07 Å². The van der Waals surface area contributed by atoms with Crippen molar-refractivity contribution in [2.45, 2.75) is 12.8 Å². The standard InChI is InChI=1S/C17H19F2N5O/c18-13-4-3-12(9-14(13)19)17(25)21-6-5-20-15-10-16(23-11-22-15)24-7-1-2-8-24/h3-4,9-11H,1-2,5-8H2,(H,21,25)(H,20,22,23). The minimum absolute atomic E-state index is 0.0808. The molecular weight excluding hydrogens is 328 g/mol. The first-order chi connectivity index (χ1) is 12.1. The quantitative estimate of drug-likeness (QED) is 0.784. The average molecular weight is 347 g/mol. The summed E-state index contributed by atoms with van der Waals surface area (Å²) in [5.41, 5.74) is 0.0808. The second-order valence-corrected chi connectivity index (χ2v) is 5.77. The lowest BCUT2D eigenvalue weighted by Crippen LogP contribution is -2.29. The normalized spacial score (nSPS) is 13.8. The summed E-state index contributed by atoms with van der Waals surface area (Å²) >= 11 is 0. The van der Waals surface area contributed by atoms with Gasteiger partial charge in [0.25, 0.3) is 5.91 Å². The van der Waals surface area contributed by atoms with Crippen LogP contribution in [-0.4, -0.2) is 42.1 Å². The monoisotopic (exact) mass is 347 g/mol. The van der Waals surface area contributed by atoms with Crippen molar-refractivity contribution in [3.8, 4) is 0 Å². The van der Waals surface area contributed by atoms with E-state index in [1.165, 1.54) is 25.2 Å². The molecule has 1 amide bonds. The fraction of sp³-hybridized carbons (Fsp3) is 0.353. The predicted molar refractivity (Wildman–Crippen MR) is 90.7 cm³/mol. The molecule has 2 aromatic rings. The maximum absolute atomic E-state index is 13.1. The molecule has 2 heterocycles. The summed E-state index contributed by atoms with van der Waals surface area (Å²) in [7, 11) is 0. The van der Waals surface area contributed by atoms with E-state index >= 15 is 0 Å². The van der Waals surface area contributed by atoms with Gasteiger partial charge in [-0.2, -0.15) is 0 Å². The van der Waals surface area contributed by atoms with Crippen molar-refractivity contribution in [2.75, 3.05) is 36.4 Å². The number of nitrogens with one attached hydrogen (secondary N) is 2. The maximum atomic E-state index is 13.1. The lowest BCUT2D eigenvalue weighted by molar-refractivity contribution is 0.0954. The van der Waals surface area contributed by atoms with Crippen LogP contribution in [0.2, 0.25) is 0 Å². The molecule has 0 radical (unpaired) electrons. The van der Waals surface area contributed by atoms with E-state index in [4.69, 9.17) is 0 Å². The number of aromatic nitrogens is 2. The van der Waals surface area contributed by atoms with Gasteiger partial charge >= 0.3 is 0 Å². The molecule has 6 nitrogen and oxygen atoms in total. The molecule has 0 aliphatic carbocycles. The molecule has 0 bridgehead atoms. The Morgan fingerprint density at radius 1 is 1.08 bits per heavy atom. The molecule has 25 heavy (non-hydrogen) atoms. The highest BCUT2D eigenvalue weighted by Crippen LogP contribution is 2.19. The Bertz CT molecular complexity index is 750. The van der Waals surface area contributed by atoms with Crippen LogP contribution in [0, 0.1) is 11.6 Å². The minimum Gasteiger partial charge on any atom is -0.368 e. The first-order valence-corrected chi connectivity index (χ1v) is 8.17. The number of hydrogen-bond acceptors (Lipinski definition) is 5. The van der Waals surface area contributed by atoms with Crippen molar-refractivity contribution in [1.29, 1.82) is 0 Å². The molecule has 1 aliphatic heterocycles. The Kier molecular flexibility index (Phi) is 5.37. The van der Waals surface area contributed by atoms with Gasteiger partial charge in [0.05, 0.1) is 0 Å². The second kappa shape index (κ2) is 7.87. The third kappa shape index (κ3) is 4.40. The largest absolute Gasteiger partial charge is 0.368 e. The number of halogens is 2. The molecule has 0 atom stereocenters. The van der Waals surface area contributed by atoms with E-state index in [0.717, 1.165) is 31.0 Å². The topological polar surface area (TPSA) is 70.2 Å². The molecule has 132 valence electrons. The number of hydrogen-bond donors (Lipinski definition) is 2. The second-order valence-electron chi connectivity index (χ2n) is 5.77. The van der Waals surface area contributed by atoms with Crippen LogP contribution < -0.4 is 15.5 Å². The molecule has 3 rings (SSSR count). The average Bonchev–Trinajstić information content (AvgIpc) is 3.16. The Labute approximate surface area is 144 Å². The molecule has 1 aromatic heterocycles. The van der Waals surface area contributed by atoms with Crippen molar-refractivity contribution in [3.63, 3.8) is 0 Å². The van der Waals surface area contributed by atoms with E-state index in [2.05, 4.69) is 25.5 Å². The van der Waals surface area contributed by atoms with Gasteiger partial charge in [0.15, 0.2) is 11.6 Å². The third-order valence-corrected chi connectivity index (χ3v) is 3.98. The smallest absolute Gasteiger partial charge is 0.251 e. The van der Waals surface area contributed by atoms with Crippen molar-refractivity contribution in [2.24, 2.45) is 0 Å². The third-order valence-electron chi connectivity index (χ3n) is 3.98. The van der Waals surface area contributed by atoms with E-state index in [1.54, 1.807) is 0 Å². The molecular formula is C17H19F2N5O. The van der Waals surface area contributed by atoms with Gasteiger partial charge < -0.3 is 15.5 Å². The van der Waals surface area contributed by atoms with Crippen LogP contribution in [0.1, 0.15) is 23.2 Å². The molecule has 0 spiro atoms. The van der Waals surface area contributed by atoms with Crippen LogP contribution in [0.5, 0.6) is 0 Å². The van der Waals surface area contributed by atoms with Gasteiger partial charge in [-0.1, -0.05) is 0 Å². The van der Waals surface area contributed by atoms with E-state index in [-0.39, 0.29) is 5.56 Å². The van der Waals surface area contributed by atoms with Crippen molar-refractivity contribution in [1.82, 2.24) is 15.3 Å². The highest BCUT2D eigenvalue weighted by atomic mass is 19.2. The molecule has 1 fully saturated rings. The van der Waals surface area contributed by atoms with Crippen LogP contribution >= 0.6 is 0 Å². The van der Waals surface area contributed by atoms with Crippen molar-refractivity contribution >= 4 is 17.5 Å². The lowest BCUT2D eigenvalue weighted by Gasteiger charge is -2.16. The number of carbonyl (C=O) groups is 1. The first-order valence-electron chi connectivity index (χ1n) is 8.17. The molecule has 1 saturated heterocycles. The predicted octanol–water partition coefficient (Wildman–Crippen LogP) is 2.20. The SMILES string of the molecule is O=C(NCCNc1cc(N2CCCC2)ncn1)c1ccc(F)c(F)c1. The van der Waals surface area contributed by atoms with Crippen LogP contribution in [0.15, 0.2) is 30.6 Å². The number of carbonyl (C=O) groups excluding carboxylic acids is 1. The van der Waals surface area contributed by atoms with Crippen LogP contribution in [0.4, 0.5) is 20.4 Å². The summed E-state index contributed by atoms with van der Waals surface area (Å²) < 4.78 is 26.0. The van der Waals surface area contributed by atoms with Crippen molar-refractivity contribution in [3.05, 3.63) is 47.8 Å². The van der Waals surface area contributed by atoms with Gasteiger partial charge in [0.2, 0.25) is 0 Å². The Morgan fingerprint density at radius 2 is 1.88 bits per heavy atom. The zero-order valence-electron chi connectivity index (χ0n) is 13.6. The molecule has 8 heteroatoms. The summed E-state index contributed by atoms with van der Waals surface area (Å²) in [5, 5.41) is 5.75. The van der Waals surface area contributed by atoms with Crippen molar-refractivity contribution < 1.29 is 13.6 Å². The minimum atomic E-state index is -1.04. The Hall–Kier alpha value is -2.77. The number of anilines is 2. The summed E-state index contributed by atoms with van der Waals surface area (Å²) in [6.45, 7) is 2.77. The highest BCUT2D eigenvalue weighted by Gasteiger charge is 2.14. The van der Waals surface area contributed by atoms with Gasteiger partial charge in [-0.15, -0.1) is 0 Å². The molecule has 2 N–H and O–H groups in total. The van der Waals surface area contributed by atoms with Gasteiger partial charge in [-0.25, -0.2) is 18.7 Å². The maximum Gasteiger partial charge on any atom is 0.251 e. The number of amides is 1. The van der Waals surface area contributed by atoms with Crippen LogP contribution in [0.3, 0.4) is 0 Å². The first kappa shape index (κ1) is 17.1. The molecule has 0 saturated carbocycles. The number of nitrogens with zero attached hydrogens (tertiary/aromatic N) is 3. The van der Waals surface area contributed by atoms with Gasteiger partial charge in [0, 0.05) is 37.8 Å². The molecule has 1 aromatic carbocycles. The Morgan fingerprint density at radius 3 is 2.64 bits per heavy atom. The lowest BCUT2D eigenvalue weighted by atomic mass is 10.2. The summed E-state index contributed by atoms with van der Waals surface area (Å²) in [6.07, 6.45) is 3.85. The van der Waals surface area contributed by atoms with E-state index < -0.39 is 17.5 Å². The van der Waals surface area contributed by atoms with Gasteiger partial charge in [-0.05, 0) is 31.0 Å².